The zero-order valence-corrected chi connectivity index (χ0v) is 14.1. The van der Waals surface area contributed by atoms with E-state index in [2.05, 4.69) is 0 Å². The van der Waals surface area contributed by atoms with E-state index < -0.39 is 14.9 Å². The molecule has 0 aromatic heterocycles. The first kappa shape index (κ1) is 18.8. The molecule has 7 nitrogen and oxygen atoms in total. The van der Waals surface area contributed by atoms with Crippen LogP contribution in [-0.2, 0) is 10.0 Å². The molecule has 124 valence electrons. The maximum atomic E-state index is 12.6. The first-order valence-corrected chi connectivity index (χ1v) is 8.09. The molecular formula is C13H20ClN3O4S. The van der Waals surface area contributed by atoms with Gasteiger partial charge in [-0.3, -0.25) is 10.1 Å². The van der Waals surface area contributed by atoms with Crippen LogP contribution in [0.5, 0.6) is 0 Å². The minimum absolute atomic E-state index is 0. The number of aryl methyl sites for hydroxylation is 1. The van der Waals surface area contributed by atoms with Crippen LogP contribution in [0.25, 0.3) is 0 Å². The van der Waals surface area contributed by atoms with Crippen LogP contribution in [0.15, 0.2) is 23.1 Å². The fraction of sp³-hybridized carbons (Fsp3) is 0.538. The van der Waals surface area contributed by atoms with E-state index in [1.807, 2.05) is 6.92 Å². The summed E-state index contributed by atoms with van der Waals surface area (Å²) < 4.78 is 26.6. The summed E-state index contributed by atoms with van der Waals surface area (Å²) in [5, 5.41) is 10.8. The summed E-state index contributed by atoms with van der Waals surface area (Å²) in [5.41, 5.74) is 5.74. The van der Waals surface area contributed by atoms with Crippen LogP contribution in [0.3, 0.4) is 0 Å². The van der Waals surface area contributed by atoms with Gasteiger partial charge in [-0.05, 0) is 37.4 Å². The van der Waals surface area contributed by atoms with Crippen molar-refractivity contribution in [3.63, 3.8) is 0 Å². The Kier molecular flexibility index (Phi) is 5.56. The zero-order chi connectivity index (χ0) is 15.8. The third-order valence-corrected chi connectivity index (χ3v) is 5.86. The number of hydrogen-bond acceptors (Lipinski definition) is 5. The maximum absolute atomic E-state index is 12.6. The second kappa shape index (κ2) is 6.49. The van der Waals surface area contributed by atoms with Crippen LogP contribution in [0.1, 0.15) is 18.9 Å². The zero-order valence-electron chi connectivity index (χ0n) is 12.5. The molecule has 1 fully saturated rings. The third-order valence-electron chi connectivity index (χ3n) is 4.02. The summed E-state index contributed by atoms with van der Waals surface area (Å²) in [6.45, 7) is 4.72. The van der Waals surface area contributed by atoms with Crippen LogP contribution < -0.4 is 5.73 Å². The summed E-state index contributed by atoms with van der Waals surface area (Å²) >= 11 is 0. The number of sulfonamides is 1. The lowest BCUT2D eigenvalue weighted by Gasteiger charge is -2.22. The largest absolute Gasteiger partial charge is 0.330 e. The van der Waals surface area contributed by atoms with Gasteiger partial charge in [0.2, 0.25) is 10.0 Å². The first-order chi connectivity index (χ1) is 9.69. The van der Waals surface area contributed by atoms with Gasteiger partial charge >= 0.3 is 0 Å². The summed E-state index contributed by atoms with van der Waals surface area (Å²) in [4.78, 5) is 10.4. The molecule has 1 aliphatic heterocycles. The van der Waals surface area contributed by atoms with Gasteiger partial charge in [-0.15, -0.1) is 12.4 Å². The molecule has 0 saturated carbocycles. The predicted octanol–water partition coefficient (Wildman–Crippen LogP) is 1.68. The van der Waals surface area contributed by atoms with Crippen LogP contribution in [-0.4, -0.2) is 37.3 Å². The average molecular weight is 350 g/mol. The molecule has 2 N–H and O–H groups in total. The Morgan fingerprint density at radius 2 is 2.09 bits per heavy atom. The van der Waals surface area contributed by atoms with Gasteiger partial charge in [-0.1, -0.05) is 6.92 Å². The molecule has 1 heterocycles. The van der Waals surface area contributed by atoms with Gasteiger partial charge in [0.15, 0.2) is 0 Å². The van der Waals surface area contributed by atoms with E-state index in [0.29, 0.717) is 31.6 Å². The highest BCUT2D eigenvalue weighted by Gasteiger charge is 2.39. The standard InChI is InChI=1S/C13H19N3O4S.ClH/c1-10-7-11(3-4-12(10)16(17)18)21(19,20)15-6-5-13(2,8-14)9-15;/h3-4,7H,5-6,8-9,14H2,1-2H3;1H. The molecule has 1 aromatic rings. The first-order valence-electron chi connectivity index (χ1n) is 6.65. The molecule has 0 radical (unpaired) electrons. The van der Waals surface area contributed by atoms with Crippen molar-refractivity contribution in [2.24, 2.45) is 11.1 Å². The van der Waals surface area contributed by atoms with Gasteiger partial charge in [-0.25, -0.2) is 8.42 Å². The van der Waals surface area contributed by atoms with Crippen molar-refractivity contribution in [3.05, 3.63) is 33.9 Å². The fourth-order valence-electron chi connectivity index (χ4n) is 2.49. The molecule has 9 heteroatoms. The molecule has 2 rings (SSSR count). The Labute approximate surface area is 136 Å². The van der Waals surface area contributed by atoms with E-state index in [1.165, 1.54) is 29.4 Å². The summed E-state index contributed by atoms with van der Waals surface area (Å²) in [6.07, 6.45) is 0.717. The van der Waals surface area contributed by atoms with Gasteiger partial charge < -0.3 is 5.73 Å². The summed E-state index contributed by atoms with van der Waals surface area (Å²) in [6, 6.07) is 3.88. The Balaban J connectivity index is 0.00000242. The Bertz CT molecular complexity index is 680. The number of nitro benzene ring substituents is 1. The Morgan fingerprint density at radius 3 is 2.55 bits per heavy atom. The van der Waals surface area contributed by atoms with Crippen molar-refractivity contribution in [3.8, 4) is 0 Å². The molecular weight excluding hydrogens is 330 g/mol. The van der Waals surface area contributed by atoms with Gasteiger partial charge in [0.25, 0.3) is 5.69 Å². The maximum Gasteiger partial charge on any atom is 0.272 e. The highest BCUT2D eigenvalue weighted by Crippen LogP contribution is 2.33. The van der Waals surface area contributed by atoms with Crippen molar-refractivity contribution >= 4 is 28.1 Å². The lowest BCUT2D eigenvalue weighted by atomic mass is 9.90. The van der Waals surface area contributed by atoms with Crippen molar-refractivity contribution in [2.75, 3.05) is 19.6 Å². The normalized spacial score (nSPS) is 22.3. The third kappa shape index (κ3) is 3.40. The number of hydrogen-bond donors (Lipinski definition) is 1. The van der Waals surface area contributed by atoms with Crippen molar-refractivity contribution in [1.82, 2.24) is 4.31 Å². The number of rotatable bonds is 4. The minimum atomic E-state index is -3.63. The molecule has 1 atom stereocenters. The van der Waals surface area contributed by atoms with Gasteiger partial charge in [0.05, 0.1) is 9.82 Å². The van der Waals surface area contributed by atoms with E-state index in [4.69, 9.17) is 5.73 Å². The van der Waals surface area contributed by atoms with E-state index in [9.17, 15) is 18.5 Å². The molecule has 0 amide bonds. The number of benzene rings is 1. The molecule has 1 saturated heterocycles. The van der Waals surface area contributed by atoms with Crippen LogP contribution in [0.2, 0.25) is 0 Å². The molecule has 1 aliphatic rings. The fourth-order valence-corrected chi connectivity index (χ4v) is 4.17. The molecule has 0 bridgehead atoms. The van der Waals surface area contributed by atoms with Crippen molar-refractivity contribution < 1.29 is 13.3 Å². The van der Waals surface area contributed by atoms with E-state index in [0.717, 1.165) is 0 Å². The van der Waals surface area contributed by atoms with Gasteiger partial charge in [0.1, 0.15) is 0 Å². The van der Waals surface area contributed by atoms with E-state index in [-0.39, 0.29) is 28.4 Å². The lowest BCUT2D eigenvalue weighted by Crippen LogP contribution is -2.34. The molecule has 0 aliphatic carbocycles. The van der Waals surface area contributed by atoms with Crippen LogP contribution in [0.4, 0.5) is 5.69 Å². The number of halogens is 1. The highest BCUT2D eigenvalue weighted by atomic mass is 35.5. The lowest BCUT2D eigenvalue weighted by molar-refractivity contribution is -0.385. The summed E-state index contributed by atoms with van der Waals surface area (Å²) in [7, 11) is -3.63. The Hall–Kier alpha value is -1.22. The molecule has 1 unspecified atom stereocenters. The number of nitro groups is 1. The van der Waals surface area contributed by atoms with Gasteiger partial charge in [0, 0.05) is 24.7 Å². The number of nitrogens with two attached hydrogens (primary N) is 1. The predicted molar refractivity (Wildman–Crippen MR) is 85.6 cm³/mol. The summed E-state index contributed by atoms with van der Waals surface area (Å²) in [5.74, 6) is 0. The van der Waals surface area contributed by atoms with E-state index >= 15 is 0 Å². The van der Waals surface area contributed by atoms with E-state index in [1.54, 1.807) is 0 Å². The highest BCUT2D eigenvalue weighted by molar-refractivity contribution is 7.89. The smallest absolute Gasteiger partial charge is 0.272 e. The van der Waals surface area contributed by atoms with Crippen LogP contribution in [0, 0.1) is 22.5 Å². The van der Waals surface area contributed by atoms with Crippen molar-refractivity contribution in [2.45, 2.75) is 25.2 Å². The van der Waals surface area contributed by atoms with Gasteiger partial charge in [-0.2, -0.15) is 4.31 Å². The minimum Gasteiger partial charge on any atom is -0.330 e. The molecule has 0 spiro atoms. The second-order valence-electron chi connectivity index (χ2n) is 5.81. The average Bonchev–Trinajstić information content (AvgIpc) is 2.82. The topological polar surface area (TPSA) is 107 Å². The van der Waals surface area contributed by atoms with Crippen LogP contribution >= 0.6 is 12.4 Å². The SMILES string of the molecule is Cc1cc(S(=O)(=O)N2CCC(C)(CN)C2)ccc1[N+](=O)[O-].Cl. The second-order valence-corrected chi connectivity index (χ2v) is 7.75. The van der Waals surface area contributed by atoms with Crippen molar-refractivity contribution in [1.29, 1.82) is 0 Å². The quantitative estimate of drug-likeness (QED) is 0.657. The Morgan fingerprint density at radius 1 is 1.45 bits per heavy atom. The number of nitrogens with zero attached hydrogens (tertiary/aromatic N) is 2. The molecule has 1 aromatic carbocycles. The monoisotopic (exact) mass is 349 g/mol. The molecule has 22 heavy (non-hydrogen) atoms.